The van der Waals surface area contributed by atoms with Crippen LogP contribution < -0.4 is 0 Å². The second kappa shape index (κ2) is 15.5. The highest BCUT2D eigenvalue weighted by Crippen LogP contribution is 2.13. The lowest BCUT2D eigenvalue weighted by Crippen LogP contribution is -2.28. The zero-order valence-electron chi connectivity index (χ0n) is 19.0. The molecule has 0 aromatic heterocycles. The van der Waals surface area contributed by atoms with E-state index in [0.29, 0.717) is 24.5 Å². The lowest BCUT2D eigenvalue weighted by molar-refractivity contribution is -0.185. The van der Waals surface area contributed by atoms with Gasteiger partial charge in [-0.1, -0.05) is 86.7 Å². The standard InChI is InChI=1S/C27H34ClNO3/c1-2-3-4-5-6-7-8-9-11-23-14-16-25(17-15-23)21-29(32-22-27(30)31)19-18-24-12-10-13-26(28)20-24/h10,12-17,20H,2-8,18-19,21-22H2,1H3,(H,30,31). The summed E-state index contributed by atoms with van der Waals surface area (Å²) in [6.07, 6.45) is 9.32. The first-order valence-corrected chi connectivity index (χ1v) is 11.9. The number of hydrogen-bond acceptors (Lipinski definition) is 3. The Labute approximate surface area is 197 Å². The molecule has 0 aliphatic carbocycles. The number of carboxylic acids is 1. The highest BCUT2D eigenvalue weighted by molar-refractivity contribution is 6.30. The number of carboxylic acid groups (broad SMARTS) is 1. The van der Waals surface area contributed by atoms with Crippen molar-refractivity contribution in [1.29, 1.82) is 0 Å². The predicted octanol–water partition coefficient (Wildman–Crippen LogP) is 6.50. The van der Waals surface area contributed by atoms with Crippen molar-refractivity contribution in [2.75, 3.05) is 13.2 Å². The van der Waals surface area contributed by atoms with E-state index in [1.807, 2.05) is 48.5 Å². The van der Waals surface area contributed by atoms with Crippen LogP contribution in [0.3, 0.4) is 0 Å². The fraction of sp³-hybridized carbons (Fsp3) is 0.444. The SMILES string of the molecule is CCCCCCCCC#Cc1ccc(CN(CCc2cccc(Cl)c2)OCC(=O)O)cc1. The van der Waals surface area contributed by atoms with Gasteiger partial charge in [-0.15, -0.1) is 0 Å². The molecule has 0 spiro atoms. The summed E-state index contributed by atoms with van der Waals surface area (Å²) < 4.78 is 0. The molecule has 5 heteroatoms. The molecule has 32 heavy (non-hydrogen) atoms. The molecule has 0 saturated heterocycles. The van der Waals surface area contributed by atoms with Crippen LogP contribution in [-0.2, 0) is 22.6 Å². The smallest absolute Gasteiger partial charge is 0.331 e. The van der Waals surface area contributed by atoms with Gasteiger partial charge < -0.3 is 5.11 Å². The zero-order chi connectivity index (χ0) is 23.0. The molecule has 0 fully saturated rings. The van der Waals surface area contributed by atoms with Gasteiger partial charge in [0.2, 0.25) is 0 Å². The number of aliphatic carboxylic acids is 1. The van der Waals surface area contributed by atoms with Crippen LogP contribution in [0.1, 0.15) is 68.6 Å². The van der Waals surface area contributed by atoms with Crippen molar-refractivity contribution < 1.29 is 14.7 Å². The lowest BCUT2D eigenvalue weighted by Gasteiger charge is -2.21. The van der Waals surface area contributed by atoms with Gasteiger partial charge in [-0.3, -0.25) is 4.84 Å². The molecule has 4 nitrogen and oxygen atoms in total. The van der Waals surface area contributed by atoms with E-state index < -0.39 is 5.97 Å². The summed E-state index contributed by atoms with van der Waals surface area (Å²) in [7, 11) is 0. The van der Waals surface area contributed by atoms with Crippen molar-refractivity contribution in [3.8, 4) is 11.8 Å². The third kappa shape index (κ3) is 11.3. The number of nitrogens with zero attached hydrogens (tertiary/aromatic N) is 1. The fourth-order valence-electron chi connectivity index (χ4n) is 3.34. The lowest BCUT2D eigenvalue weighted by atomic mass is 10.1. The first-order chi connectivity index (χ1) is 15.6. The van der Waals surface area contributed by atoms with E-state index in [4.69, 9.17) is 21.5 Å². The van der Waals surface area contributed by atoms with Gasteiger partial charge in [0, 0.05) is 30.1 Å². The Morgan fingerprint density at radius 3 is 2.50 bits per heavy atom. The molecule has 2 aromatic carbocycles. The Balaban J connectivity index is 1.83. The van der Waals surface area contributed by atoms with Crippen LogP contribution in [0.15, 0.2) is 48.5 Å². The maximum atomic E-state index is 10.9. The van der Waals surface area contributed by atoms with Crippen molar-refractivity contribution in [2.24, 2.45) is 0 Å². The van der Waals surface area contributed by atoms with Gasteiger partial charge in [0.25, 0.3) is 0 Å². The Morgan fingerprint density at radius 2 is 1.78 bits per heavy atom. The van der Waals surface area contributed by atoms with Crippen LogP contribution >= 0.6 is 11.6 Å². The van der Waals surface area contributed by atoms with Gasteiger partial charge in [0.1, 0.15) is 0 Å². The Bertz CT molecular complexity index is 870. The van der Waals surface area contributed by atoms with Gasteiger partial charge in [-0.05, 0) is 48.2 Å². The van der Waals surface area contributed by atoms with E-state index in [9.17, 15) is 4.79 Å². The Hall–Kier alpha value is -2.32. The molecule has 0 unspecified atom stereocenters. The van der Waals surface area contributed by atoms with Crippen molar-refractivity contribution in [2.45, 2.75) is 64.8 Å². The average Bonchev–Trinajstić information content (AvgIpc) is 2.78. The zero-order valence-corrected chi connectivity index (χ0v) is 19.7. The number of carbonyl (C=O) groups is 1. The first-order valence-electron chi connectivity index (χ1n) is 11.5. The number of benzene rings is 2. The summed E-state index contributed by atoms with van der Waals surface area (Å²) in [5, 5.41) is 11.4. The van der Waals surface area contributed by atoms with Crippen LogP contribution in [0.5, 0.6) is 0 Å². The van der Waals surface area contributed by atoms with E-state index in [0.717, 1.165) is 29.5 Å². The molecular weight excluding hydrogens is 422 g/mol. The van der Waals surface area contributed by atoms with Crippen LogP contribution in [0, 0.1) is 11.8 Å². The maximum Gasteiger partial charge on any atom is 0.331 e. The summed E-state index contributed by atoms with van der Waals surface area (Å²) in [5.41, 5.74) is 3.12. The molecule has 0 saturated carbocycles. The second-order valence-electron chi connectivity index (χ2n) is 7.93. The highest BCUT2D eigenvalue weighted by atomic mass is 35.5. The van der Waals surface area contributed by atoms with Gasteiger partial charge in [0.15, 0.2) is 6.61 Å². The molecule has 2 aromatic rings. The Kier molecular flexibility index (Phi) is 12.5. The van der Waals surface area contributed by atoms with Gasteiger partial charge in [0.05, 0.1) is 0 Å². The number of halogens is 1. The molecule has 1 N–H and O–H groups in total. The highest BCUT2D eigenvalue weighted by Gasteiger charge is 2.10. The van der Waals surface area contributed by atoms with Crippen molar-refractivity contribution in [1.82, 2.24) is 5.06 Å². The third-order valence-corrected chi connectivity index (χ3v) is 5.35. The van der Waals surface area contributed by atoms with Gasteiger partial charge >= 0.3 is 5.97 Å². The van der Waals surface area contributed by atoms with E-state index in [1.165, 1.54) is 32.1 Å². The molecular formula is C27H34ClNO3. The van der Waals surface area contributed by atoms with Crippen molar-refractivity contribution >= 4 is 17.6 Å². The summed E-state index contributed by atoms with van der Waals surface area (Å²) in [6.45, 7) is 2.93. The minimum absolute atomic E-state index is 0.364. The topological polar surface area (TPSA) is 49.8 Å². The van der Waals surface area contributed by atoms with Crippen molar-refractivity contribution in [3.05, 3.63) is 70.2 Å². The molecule has 0 aliphatic heterocycles. The summed E-state index contributed by atoms with van der Waals surface area (Å²) in [4.78, 5) is 16.4. The van der Waals surface area contributed by atoms with Crippen LogP contribution in [-0.4, -0.2) is 29.3 Å². The number of rotatable bonds is 14. The largest absolute Gasteiger partial charge is 0.479 e. The van der Waals surface area contributed by atoms with Crippen LogP contribution in [0.2, 0.25) is 5.02 Å². The van der Waals surface area contributed by atoms with E-state index in [2.05, 4.69) is 18.8 Å². The minimum Gasteiger partial charge on any atom is -0.479 e. The van der Waals surface area contributed by atoms with E-state index in [-0.39, 0.29) is 6.61 Å². The van der Waals surface area contributed by atoms with Crippen LogP contribution in [0.4, 0.5) is 0 Å². The predicted molar refractivity (Wildman–Crippen MR) is 130 cm³/mol. The summed E-state index contributed by atoms with van der Waals surface area (Å²) in [5.74, 6) is 5.51. The average molecular weight is 456 g/mol. The number of hydrogen-bond donors (Lipinski definition) is 1. The molecule has 0 aliphatic rings. The second-order valence-corrected chi connectivity index (χ2v) is 8.36. The maximum absolute atomic E-state index is 10.9. The number of unbranched alkanes of at least 4 members (excludes halogenated alkanes) is 6. The monoisotopic (exact) mass is 455 g/mol. The third-order valence-electron chi connectivity index (χ3n) is 5.11. The van der Waals surface area contributed by atoms with E-state index in [1.54, 1.807) is 5.06 Å². The molecule has 2 rings (SSSR count). The molecule has 0 heterocycles. The van der Waals surface area contributed by atoms with E-state index >= 15 is 0 Å². The summed E-state index contributed by atoms with van der Waals surface area (Å²) in [6, 6.07) is 15.7. The summed E-state index contributed by atoms with van der Waals surface area (Å²) >= 11 is 6.05. The molecule has 0 amide bonds. The fourth-order valence-corrected chi connectivity index (χ4v) is 3.55. The molecule has 0 radical (unpaired) electrons. The first kappa shape index (κ1) is 25.9. The van der Waals surface area contributed by atoms with Crippen molar-refractivity contribution in [3.63, 3.8) is 0 Å². The molecule has 0 atom stereocenters. The minimum atomic E-state index is -0.992. The Morgan fingerprint density at radius 1 is 1.03 bits per heavy atom. The quantitative estimate of drug-likeness (QED) is 0.200. The normalized spacial score (nSPS) is 10.7. The molecule has 172 valence electrons. The van der Waals surface area contributed by atoms with Gasteiger partial charge in [-0.25, -0.2) is 4.79 Å². The van der Waals surface area contributed by atoms with Crippen LogP contribution in [0.25, 0.3) is 0 Å². The molecule has 0 bridgehead atoms. The van der Waals surface area contributed by atoms with Gasteiger partial charge in [-0.2, -0.15) is 5.06 Å². The number of hydroxylamine groups is 2.